The van der Waals surface area contributed by atoms with Crippen molar-refractivity contribution in [3.05, 3.63) is 28.2 Å². The second-order valence-corrected chi connectivity index (χ2v) is 7.60. The first-order valence-corrected chi connectivity index (χ1v) is 8.24. The van der Waals surface area contributed by atoms with Gasteiger partial charge in [0.15, 0.2) is 0 Å². The van der Waals surface area contributed by atoms with E-state index < -0.39 is 10.0 Å². The predicted molar refractivity (Wildman–Crippen MR) is 78.1 cm³/mol. The Balaban J connectivity index is 3.06. The van der Waals surface area contributed by atoms with Crippen molar-refractivity contribution < 1.29 is 8.42 Å². The Morgan fingerprint density at radius 2 is 2.00 bits per heavy atom. The Bertz CT molecular complexity index is 514. The fraction of sp³-hybridized carbons (Fsp3) is 0.538. The van der Waals surface area contributed by atoms with Crippen molar-refractivity contribution in [2.75, 3.05) is 13.6 Å². The lowest BCUT2D eigenvalue weighted by atomic mass is 10.1. The van der Waals surface area contributed by atoms with E-state index in [9.17, 15) is 8.42 Å². The van der Waals surface area contributed by atoms with E-state index in [0.29, 0.717) is 21.8 Å². The van der Waals surface area contributed by atoms with Gasteiger partial charge in [0.2, 0.25) is 10.0 Å². The van der Waals surface area contributed by atoms with Crippen LogP contribution in [-0.2, 0) is 10.0 Å². The molecule has 102 valence electrons. The number of benzene rings is 1. The summed E-state index contributed by atoms with van der Waals surface area (Å²) >= 11 is 3.33. The first-order chi connectivity index (χ1) is 8.28. The third-order valence-corrected chi connectivity index (χ3v) is 5.84. The topological polar surface area (TPSA) is 37.4 Å². The van der Waals surface area contributed by atoms with Crippen LogP contribution in [0.4, 0.5) is 0 Å². The fourth-order valence-electron chi connectivity index (χ4n) is 1.65. The van der Waals surface area contributed by atoms with Crippen LogP contribution in [0.5, 0.6) is 0 Å². The molecule has 0 saturated carbocycles. The van der Waals surface area contributed by atoms with Gasteiger partial charge in [-0.15, -0.1) is 0 Å². The zero-order valence-electron chi connectivity index (χ0n) is 11.3. The molecule has 0 aliphatic rings. The van der Waals surface area contributed by atoms with Crippen molar-refractivity contribution >= 4 is 26.0 Å². The van der Waals surface area contributed by atoms with Crippen LogP contribution < -0.4 is 0 Å². The minimum Gasteiger partial charge on any atom is -0.207 e. The van der Waals surface area contributed by atoms with E-state index in [1.807, 2.05) is 19.1 Å². The third kappa shape index (κ3) is 3.56. The smallest absolute Gasteiger partial charge is 0.207 e. The highest BCUT2D eigenvalue weighted by Gasteiger charge is 2.24. The van der Waals surface area contributed by atoms with Crippen molar-refractivity contribution in [1.82, 2.24) is 4.31 Å². The maximum Gasteiger partial charge on any atom is 0.243 e. The van der Waals surface area contributed by atoms with Gasteiger partial charge in [-0.25, -0.2) is 12.7 Å². The summed E-state index contributed by atoms with van der Waals surface area (Å²) in [5.41, 5.74) is 1.03. The van der Waals surface area contributed by atoms with Crippen molar-refractivity contribution in [3.8, 4) is 0 Å². The van der Waals surface area contributed by atoms with Crippen molar-refractivity contribution in [3.63, 3.8) is 0 Å². The Morgan fingerprint density at radius 1 is 1.39 bits per heavy atom. The van der Waals surface area contributed by atoms with Crippen LogP contribution in [0.1, 0.15) is 25.8 Å². The third-order valence-electron chi connectivity index (χ3n) is 3.04. The average Bonchev–Trinajstić information content (AvgIpc) is 2.28. The second kappa shape index (κ2) is 6.17. The van der Waals surface area contributed by atoms with Gasteiger partial charge in [-0.3, -0.25) is 0 Å². The van der Waals surface area contributed by atoms with E-state index >= 15 is 0 Å². The van der Waals surface area contributed by atoms with E-state index in [0.717, 1.165) is 12.0 Å². The molecule has 1 unspecified atom stereocenters. The van der Waals surface area contributed by atoms with Crippen molar-refractivity contribution in [2.45, 2.75) is 32.1 Å². The van der Waals surface area contributed by atoms with Crippen LogP contribution in [-0.4, -0.2) is 26.3 Å². The van der Waals surface area contributed by atoms with Gasteiger partial charge in [-0.2, -0.15) is 0 Å². The second-order valence-electron chi connectivity index (χ2n) is 4.73. The SMILES string of the molecule is CCC(C)CN(C)S(=O)(=O)c1ccc(C)cc1Br. The molecule has 0 saturated heterocycles. The monoisotopic (exact) mass is 333 g/mol. The molecule has 5 heteroatoms. The maximum absolute atomic E-state index is 12.4. The lowest BCUT2D eigenvalue weighted by Gasteiger charge is -2.21. The Morgan fingerprint density at radius 3 is 2.50 bits per heavy atom. The maximum atomic E-state index is 12.4. The molecule has 0 bridgehead atoms. The fourth-order valence-corrected chi connectivity index (χ4v) is 4.09. The molecule has 1 aromatic carbocycles. The highest BCUT2D eigenvalue weighted by Crippen LogP contribution is 2.26. The van der Waals surface area contributed by atoms with Gasteiger partial charge in [0.05, 0.1) is 4.90 Å². The summed E-state index contributed by atoms with van der Waals surface area (Å²) in [7, 11) is -1.77. The molecular weight excluding hydrogens is 314 g/mol. The minimum atomic E-state index is -3.41. The van der Waals surface area contributed by atoms with E-state index in [1.165, 1.54) is 4.31 Å². The van der Waals surface area contributed by atoms with Crippen molar-refractivity contribution in [2.24, 2.45) is 5.92 Å². The average molecular weight is 334 g/mol. The van der Waals surface area contributed by atoms with E-state index in [2.05, 4.69) is 29.8 Å². The normalized spacial score (nSPS) is 13.9. The van der Waals surface area contributed by atoms with Crippen molar-refractivity contribution in [1.29, 1.82) is 0 Å². The number of nitrogens with zero attached hydrogens (tertiary/aromatic N) is 1. The molecule has 0 aliphatic heterocycles. The molecular formula is C13H20BrNO2S. The van der Waals surface area contributed by atoms with Crippen LogP contribution in [0.15, 0.2) is 27.6 Å². The summed E-state index contributed by atoms with van der Waals surface area (Å²) in [6.07, 6.45) is 0.967. The van der Waals surface area contributed by atoms with Crippen LogP contribution in [0.2, 0.25) is 0 Å². The van der Waals surface area contributed by atoms with E-state index in [-0.39, 0.29) is 0 Å². The molecule has 0 spiro atoms. The number of sulfonamides is 1. The lowest BCUT2D eigenvalue weighted by Crippen LogP contribution is -2.31. The highest BCUT2D eigenvalue weighted by molar-refractivity contribution is 9.10. The zero-order chi connectivity index (χ0) is 13.9. The number of aryl methyl sites for hydroxylation is 1. The van der Waals surface area contributed by atoms with E-state index in [4.69, 9.17) is 0 Å². The summed E-state index contributed by atoms with van der Waals surface area (Å²) in [4.78, 5) is 0.332. The predicted octanol–water partition coefficient (Wildman–Crippen LogP) is 3.42. The van der Waals surface area contributed by atoms with Gasteiger partial charge in [0.1, 0.15) is 0 Å². The molecule has 18 heavy (non-hydrogen) atoms. The van der Waals surface area contributed by atoms with Gasteiger partial charge < -0.3 is 0 Å². The van der Waals surface area contributed by atoms with Gasteiger partial charge in [-0.05, 0) is 46.5 Å². The molecule has 0 amide bonds. The van der Waals surface area contributed by atoms with Crippen LogP contribution in [0, 0.1) is 12.8 Å². The summed E-state index contributed by atoms with van der Waals surface area (Å²) < 4.78 is 26.9. The number of hydrogen-bond donors (Lipinski definition) is 0. The zero-order valence-corrected chi connectivity index (χ0v) is 13.7. The Labute approximate surface area is 118 Å². The first kappa shape index (κ1) is 15.7. The number of halogens is 1. The lowest BCUT2D eigenvalue weighted by molar-refractivity contribution is 0.393. The van der Waals surface area contributed by atoms with Crippen LogP contribution in [0.3, 0.4) is 0 Å². The molecule has 0 radical (unpaired) electrons. The summed E-state index contributed by atoms with van der Waals surface area (Å²) in [5, 5.41) is 0. The summed E-state index contributed by atoms with van der Waals surface area (Å²) in [6.45, 7) is 6.59. The molecule has 0 aliphatic carbocycles. The van der Waals surface area contributed by atoms with Gasteiger partial charge >= 0.3 is 0 Å². The molecule has 1 aromatic rings. The molecule has 0 fully saturated rings. The first-order valence-electron chi connectivity index (χ1n) is 6.01. The summed E-state index contributed by atoms with van der Waals surface area (Å²) in [5.74, 6) is 0.356. The van der Waals surface area contributed by atoms with Crippen LogP contribution in [0.25, 0.3) is 0 Å². The van der Waals surface area contributed by atoms with Gasteiger partial charge in [0.25, 0.3) is 0 Å². The quantitative estimate of drug-likeness (QED) is 0.827. The Kier molecular flexibility index (Phi) is 5.37. The summed E-state index contributed by atoms with van der Waals surface area (Å²) in [6, 6.07) is 5.29. The molecule has 1 rings (SSSR count). The highest BCUT2D eigenvalue weighted by atomic mass is 79.9. The van der Waals surface area contributed by atoms with Gasteiger partial charge in [-0.1, -0.05) is 26.3 Å². The molecule has 0 N–H and O–H groups in total. The Hall–Kier alpha value is -0.390. The molecule has 1 atom stereocenters. The minimum absolute atomic E-state index is 0.332. The molecule has 3 nitrogen and oxygen atoms in total. The largest absolute Gasteiger partial charge is 0.243 e. The molecule has 0 aromatic heterocycles. The van der Waals surface area contributed by atoms with Crippen LogP contribution >= 0.6 is 15.9 Å². The standard InChI is InChI=1S/C13H20BrNO2S/c1-5-10(2)9-15(4)18(16,17)13-7-6-11(3)8-12(13)14/h6-8,10H,5,9H2,1-4H3. The number of rotatable bonds is 5. The molecule has 0 heterocycles. The van der Waals surface area contributed by atoms with E-state index in [1.54, 1.807) is 13.1 Å². The number of hydrogen-bond acceptors (Lipinski definition) is 2. The van der Waals surface area contributed by atoms with Gasteiger partial charge in [0, 0.05) is 18.1 Å².